The van der Waals surface area contributed by atoms with Gasteiger partial charge in [-0.15, -0.1) is 11.3 Å². The minimum Gasteiger partial charge on any atom is -0.497 e. The van der Waals surface area contributed by atoms with Gasteiger partial charge in [-0.05, 0) is 48.6 Å². The molecule has 0 saturated carbocycles. The van der Waals surface area contributed by atoms with Gasteiger partial charge in [0.05, 0.1) is 12.8 Å². The fraction of sp³-hybridized carbons (Fsp3) is 0.222. The highest BCUT2D eigenvalue weighted by Crippen LogP contribution is 2.37. The van der Waals surface area contributed by atoms with Gasteiger partial charge in [0.25, 0.3) is 5.91 Å². The molecule has 1 aliphatic carbocycles. The Labute approximate surface area is 143 Å². The van der Waals surface area contributed by atoms with E-state index in [0.29, 0.717) is 5.69 Å². The van der Waals surface area contributed by atoms with Crippen molar-refractivity contribution in [2.45, 2.75) is 12.8 Å². The molecule has 2 heterocycles. The molecule has 24 heavy (non-hydrogen) atoms. The second-order valence-electron chi connectivity index (χ2n) is 5.74. The van der Waals surface area contributed by atoms with Crippen LogP contribution in [-0.2, 0) is 19.9 Å². The number of fused-ring (bicyclic) bond motifs is 3. The Morgan fingerprint density at radius 2 is 2.04 bits per heavy atom. The van der Waals surface area contributed by atoms with E-state index in [9.17, 15) is 4.79 Å². The number of rotatable bonds is 3. The summed E-state index contributed by atoms with van der Waals surface area (Å²) in [5.74, 6) is 0.587. The third-order valence-corrected chi connectivity index (χ3v) is 5.29. The second-order valence-corrected chi connectivity index (χ2v) is 6.74. The number of hydrogen-bond donors (Lipinski definition) is 1. The molecule has 5 nitrogen and oxygen atoms in total. The van der Waals surface area contributed by atoms with Gasteiger partial charge >= 0.3 is 0 Å². The maximum atomic E-state index is 12.7. The Bertz CT molecular complexity index is 909. The number of hydrogen-bond acceptors (Lipinski definition) is 4. The third-order valence-electron chi connectivity index (χ3n) is 4.31. The molecule has 6 heteroatoms. The van der Waals surface area contributed by atoms with Crippen molar-refractivity contribution in [2.24, 2.45) is 7.05 Å². The van der Waals surface area contributed by atoms with Crippen molar-refractivity contribution < 1.29 is 9.53 Å². The SMILES string of the molecule is COc1ccc(NC(=O)c2nn(C)c3c2CCc2sccc2-3)cc1. The lowest BCUT2D eigenvalue weighted by atomic mass is 9.94. The van der Waals surface area contributed by atoms with E-state index in [-0.39, 0.29) is 5.91 Å². The van der Waals surface area contributed by atoms with Crippen molar-refractivity contribution in [3.63, 3.8) is 0 Å². The average Bonchev–Trinajstić information content (AvgIpc) is 3.19. The number of benzene rings is 1. The van der Waals surface area contributed by atoms with Crippen molar-refractivity contribution in [3.8, 4) is 17.0 Å². The van der Waals surface area contributed by atoms with Crippen molar-refractivity contribution in [3.05, 3.63) is 51.8 Å². The van der Waals surface area contributed by atoms with E-state index in [2.05, 4.69) is 21.9 Å². The molecule has 2 aromatic heterocycles. The summed E-state index contributed by atoms with van der Waals surface area (Å²) < 4.78 is 6.96. The van der Waals surface area contributed by atoms with E-state index in [4.69, 9.17) is 4.74 Å². The van der Waals surface area contributed by atoms with Gasteiger partial charge in [-0.1, -0.05) is 0 Å². The minimum absolute atomic E-state index is 0.171. The van der Waals surface area contributed by atoms with Crippen molar-refractivity contribution in [1.82, 2.24) is 9.78 Å². The van der Waals surface area contributed by atoms with Crippen LogP contribution in [0.1, 0.15) is 20.9 Å². The van der Waals surface area contributed by atoms with E-state index >= 15 is 0 Å². The monoisotopic (exact) mass is 339 g/mol. The molecule has 122 valence electrons. The van der Waals surface area contributed by atoms with Gasteiger partial charge in [-0.25, -0.2) is 0 Å². The summed E-state index contributed by atoms with van der Waals surface area (Å²) in [4.78, 5) is 14.1. The molecular formula is C18H17N3O2S. The number of aromatic nitrogens is 2. The molecule has 0 bridgehead atoms. The zero-order valence-electron chi connectivity index (χ0n) is 13.5. The molecule has 0 saturated heterocycles. The summed E-state index contributed by atoms with van der Waals surface area (Å²) in [7, 11) is 3.52. The first-order valence-electron chi connectivity index (χ1n) is 7.75. The van der Waals surface area contributed by atoms with Crippen LogP contribution in [0.4, 0.5) is 5.69 Å². The molecule has 1 N–H and O–H groups in total. The van der Waals surface area contributed by atoms with Gasteiger partial charge in [0.2, 0.25) is 0 Å². The van der Waals surface area contributed by atoms with Crippen LogP contribution in [0.25, 0.3) is 11.3 Å². The maximum absolute atomic E-state index is 12.7. The van der Waals surface area contributed by atoms with Crippen LogP contribution < -0.4 is 10.1 Å². The van der Waals surface area contributed by atoms with E-state index in [0.717, 1.165) is 35.5 Å². The van der Waals surface area contributed by atoms with Crippen LogP contribution in [-0.4, -0.2) is 22.8 Å². The first-order valence-corrected chi connectivity index (χ1v) is 8.63. The Hall–Kier alpha value is -2.60. The minimum atomic E-state index is -0.171. The molecule has 3 aromatic rings. The van der Waals surface area contributed by atoms with E-state index < -0.39 is 0 Å². The van der Waals surface area contributed by atoms with E-state index in [1.807, 2.05) is 36.0 Å². The molecular weight excluding hydrogens is 322 g/mol. The molecule has 1 aliphatic rings. The first-order chi connectivity index (χ1) is 11.7. The largest absolute Gasteiger partial charge is 0.497 e. The summed E-state index contributed by atoms with van der Waals surface area (Å²) >= 11 is 1.77. The summed E-state index contributed by atoms with van der Waals surface area (Å²) in [5.41, 5.74) is 4.55. The van der Waals surface area contributed by atoms with Crippen LogP contribution in [0.3, 0.4) is 0 Å². The fourth-order valence-corrected chi connectivity index (χ4v) is 4.05. The summed E-state index contributed by atoms with van der Waals surface area (Å²) in [5, 5.41) is 9.51. The van der Waals surface area contributed by atoms with Gasteiger partial charge in [-0.2, -0.15) is 5.10 Å². The van der Waals surface area contributed by atoms with Gasteiger partial charge in [0.15, 0.2) is 5.69 Å². The standard InChI is InChI=1S/C18H17N3O2S/c1-21-17-13-9-10-24-15(13)8-7-14(17)16(20-21)18(22)19-11-3-5-12(23-2)6-4-11/h3-6,9-10H,7-8H2,1-2H3,(H,19,22). The van der Waals surface area contributed by atoms with Crippen LogP contribution in [0.2, 0.25) is 0 Å². The third kappa shape index (κ3) is 2.39. The zero-order valence-corrected chi connectivity index (χ0v) is 14.3. The lowest BCUT2D eigenvalue weighted by molar-refractivity contribution is 0.102. The second kappa shape index (κ2) is 5.79. The number of nitrogens with zero attached hydrogens (tertiary/aromatic N) is 2. The fourth-order valence-electron chi connectivity index (χ4n) is 3.17. The van der Waals surface area contributed by atoms with Crippen LogP contribution in [0, 0.1) is 0 Å². The van der Waals surface area contributed by atoms with Crippen LogP contribution in [0.15, 0.2) is 35.7 Å². The predicted octanol–water partition coefficient (Wildman–Crippen LogP) is 3.51. The molecule has 0 spiro atoms. The summed E-state index contributed by atoms with van der Waals surface area (Å²) in [6.07, 6.45) is 1.82. The number of thiophene rings is 1. The number of amides is 1. The molecule has 0 radical (unpaired) electrons. The number of ether oxygens (including phenoxy) is 1. The highest BCUT2D eigenvalue weighted by Gasteiger charge is 2.27. The smallest absolute Gasteiger partial charge is 0.276 e. The van der Waals surface area contributed by atoms with Gasteiger partial charge in [-0.3, -0.25) is 9.48 Å². The number of methoxy groups -OCH3 is 1. The molecule has 0 fully saturated rings. The Morgan fingerprint density at radius 1 is 1.25 bits per heavy atom. The Balaban J connectivity index is 1.65. The van der Waals surface area contributed by atoms with Gasteiger partial charge in [0.1, 0.15) is 5.75 Å². The Morgan fingerprint density at radius 3 is 2.79 bits per heavy atom. The molecule has 0 atom stereocenters. The molecule has 0 aliphatic heterocycles. The zero-order chi connectivity index (χ0) is 16.7. The molecule has 4 rings (SSSR count). The van der Waals surface area contributed by atoms with Crippen LogP contribution in [0.5, 0.6) is 5.75 Å². The lowest BCUT2D eigenvalue weighted by Crippen LogP contribution is -2.15. The number of anilines is 1. The average molecular weight is 339 g/mol. The van der Waals surface area contributed by atoms with Crippen molar-refractivity contribution in [2.75, 3.05) is 12.4 Å². The molecule has 1 aromatic carbocycles. The highest BCUT2D eigenvalue weighted by molar-refractivity contribution is 7.10. The first kappa shape index (κ1) is 15.0. The van der Waals surface area contributed by atoms with Crippen LogP contribution >= 0.6 is 11.3 Å². The van der Waals surface area contributed by atoms with Crippen molar-refractivity contribution in [1.29, 1.82) is 0 Å². The summed E-state index contributed by atoms with van der Waals surface area (Å²) in [6, 6.07) is 9.40. The highest BCUT2D eigenvalue weighted by atomic mass is 32.1. The maximum Gasteiger partial charge on any atom is 0.276 e. The number of nitrogens with one attached hydrogen (secondary N) is 1. The Kier molecular flexibility index (Phi) is 3.61. The van der Waals surface area contributed by atoms with E-state index in [1.54, 1.807) is 18.4 Å². The lowest BCUT2D eigenvalue weighted by Gasteiger charge is -2.13. The topological polar surface area (TPSA) is 56.1 Å². The number of carbonyl (C=O) groups is 1. The quantitative estimate of drug-likeness (QED) is 0.794. The normalized spacial score (nSPS) is 12.4. The summed E-state index contributed by atoms with van der Waals surface area (Å²) in [6.45, 7) is 0. The predicted molar refractivity (Wildman–Crippen MR) is 94.9 cm³/mol. The number of carbonyl (C=O) groups excluding carboxylic acids is 1. The van der Waals surface area contributed by atoms with Gasteiger partial charge < -0.3 is 10.1 Å². The molecule has 0 unspecified atom stereocenters. The van der Waals surface area contributed by atoms with Gasteiger partial charge in [0, 0.05) is 28.7 Å². The van der Waals surface area contributed by atoms with E-state index in [1.165, 1.54) is 10.4 Å². The number of aryl methyl sites for hydroxylation is 2. The van der Waals surface area contributed by atoms with Crippen molar-refractivity contribution >= 4 is 22.9 Å². The molecule has 1 amide bonds.